The summed E-state index contributed by atoms with van der Waals surface area (Å²) in [6, 6.07) is 11.5. The Morgan fingerprint density at radius 3 is 2.56 bits per heavy atom. The van der Waals surface area contributed by atoms with Gasteiger partial charge in [-0.05, 0) is 80.2 Å². The van der Waals surface area contributed by atoms with Gasteiger partial charge in [0.1, 0.15) is 12.6 Å². The number of carbonyl (C=O) groups excluding carboxylic acids is 1. The first kappa shape index (κ1) is 29.0. The number of aryl methyl sites for hydroxylation is 1. The summed E-state index contributed by atoms with van der Waals surface area (Å²) in [6.45, 7) is 12.5. The number of fused-ring (bicyclic) bond motifs is 1. The number of thioether (sulfide) groups is 1. The molecule has 1 aromatic heterocycles. The summed E-state index contributed by atoms with van der Waals surface area (Å²) in [5.74, 6) is 2.24. The van der Waals surface area contributed by atoms with E-state index >= 15 is 0 Å². The van der Waals surface area contributed by atoms with E-state index in [4.69, 9.17) is 19.3 Å². The van der Waals surface area contributed by atoms with Crippen molar-refractivity contribution < 1.29 is 19.0 Å². The van der Waals surface area contributed by atoms with Crippen molar-refractivity contribution in [1.29, 1.82) is 0 Å². The van der Waals surface area contributed by atoms with Gasteiger partial charge in [-0.3, -0.25) is 0 Å². The van der Waals surface area contributed by atoms with Gasteiger partial charge in [-0.25, -0.2) is 9.48 Å². The average molecular weight is 616 g/mol. The van der Waals surface area contributed by atoms with Crippen molar-refractivity contribution in [3.05, 3.63) is 68.8 Å². The third-order valence-electron chi connectivity index (χ3n) is 5.98. The molecule has 2 heterocycles. The summed E-state index contributed by atoms with van der Waals surface area (Å²) in [5.41, 5.74) is 4.18. The van der Waals surface area contributed by atoms with Crippen LogP contribution in [0.25, 0.3) is 0 Å². The number of allylic oxidation sites excluding steroid dienone is 1. The summed E-state index contributed by atoms with van der Waals surface area (Å²) in [7, 11) is 0. The number of nitrogens with one attached hydrogen (secondary N) is 1. The molecule has 0 bridgehead atoms. The lowest BCUT2D eigenvalue weighted by molar-refractivity contribution is -0.143. The Bertz CT molecular complexity index is 1350. The summed E-state index contributed by atoms with van der Waals surface area (Å²) in [4.78, 5) is 18.1. The van der Waals surface area contributed by atoms with E-state index < -0.39 is 12.0 Å². The number of ether oxygens (including phenoxy) is 3. The molecule has 0 aliphatic carbocycles. The SMILES string of the molecule is CCCSc1nc2n(n1)C(c1cc(Br)c(OCc3ccc(C)cc3)c(OCC)c1)C(C(=O)OC(C)C)=C(C)N2. The first-order valence-corrected chi connectivity index (χ1v) is 14.9. The Labute approximate surface area is 242 Å². The molecule has 10 heteroatoms. The van der Waals surface area contributed by atoms with Gasteiger partial charge in [0, 0.05) is 11.4 Å². The number of nitrogens with zero attached hydrogens (tertiary/aromatic N) is 3. The van der Waals surface area contributed by atoms with Crippen LogP contribution in [0.4, 0.5) is 5.95 Å². The number of hydrogen-bond acceptors (Lipinski definition) is 8. The quantitative estimate of drug-likeness (QED) is 0.181. The molecular formula is C29H35BrN4O4S. The molecule has 1 atom stereocenters. The van der Waals surface area contributed by atoms with Crippen LogP contribution >= 0.6 is 27.7 Å². The zero-order valence-corrected chi connectivity index (χ0v) is 25.6. The van der Waals surface area contributed by atoms with Gasteiger partial charge >= 0.3 is 5.97 Å². The van der Waals surface area contributed by atoms with Gasteiger partial charge in [0.05, 0.1) is 22.8 Å². The van der Waals surface area contributed by atoms with Gasteiger partial charge in [0.25, 0.3) is 0 Å². The molecule has 1 aliphatic rings. The maximum absolute atomic E-state index is 13.4. The first-order chi connectivity index (χ1) is 18.7. The summed E-state index contributed by atoms with van der Waals surface area (Å²) in [6.07, 6.45) is 0.734. The van der Waals surface area contributed by atoms with E-state index in [0.29, 0.717) is 51.6 Å². The standard InChI is InChI=1S/C29H35BrN4O4S/c1-7-13-39-29-32-28-31-19(6)24(27(35)38-17(3)4)25(34(28)33-29)21-14-22(30)26(23(15-21)36-8-2)37-16-20-11-9-18(5)10-12-20/h9-12,14-15,17,25H,7-8,13,16H2,1-6H3,(H,31,32,33). The van der Waals surface area contributed by atoms with Crippen molar-refractivity contribution >= 4 is 39.6 Å². The second kappa shape index (κ2) is 12.9. The second-order valence-corrected chi connectivity index (χ2v) is 11.5. The molecule has 0 fully saturated rings. The highest BCUT2D eigenvalue weighted by Gasteiger charge is 2.36. The van der Waals surface area contributed by atoms with Gasteiger partial charge in [-0.2, -0.15) is 4.98 Å². The van der Waals surface area contributed by atoms with Crippen molar-refractivity contribution in [2.45, 2.75) is 71.9 Å². The normalized spacial score (nSPS) is 14.7. The molecule has 0 spiro atoms. The zero-order valence-electron chi connectivity index (χ0n) is 23.2. The average Bonchev–Trinajstić information content (AvgIpc) is 3.29. The van der Waals surface area contributed by atoms with E-state index in [1.807, 2.05) is 52.0 Å². The fraction of sp³-hybridized carbons (Fsp3) is 0.414. The van der Waals surface area contributed by atoms with Gasteiger partial charge in [-0.1, -0.05) is 48.5 Å². The first-order valence-electron chi connectivity index (χ1n) is 13.1. The molecule has 39 heavy (non-hydrogen) atoms. The molecule has 0 amide bonds. The number of aromatic nitrogens is 3. The third-order valence-corrected chi connectivity index (χ3v) is 7.61. The molecule has 4 rings (SSSR count). The summed E-state index contributed by atoms with van der Waals surface area (Å²) in [5, 5.41) is 8.69. The van der Waals surface area contributed by atoms with Crippen LogP contribution in [-0.2, 0) is 16.1 Å². The Hall–Kier alpha value is -2.98. The number of esters is 1. The van der Waals surface area contributed by atoms with Crippen LogP contribution in [0, 0.1) is 6.92 Å². The zero-order chi connectivity index (χ0) is 28.1. The van der Waals surface area contributed by atoms with Gasteiger partial charge in [0.2, 0.25) is 11.1 Å². The number of hydrogen-bond donors (Lipinski definition) is 1. The molecule has 1 N–H and O–H groups in total. The van der Waals surface area contributed by atoms with Gasteiger partial charge in [0.15, 0.2) is 11.5 Å². The second-order valence-electron chi connectivity index (χ2n) is 9.57. The van der Waals surface area contributed by atoms with Crippen LogP contribution < -0.4 is 14.8 Å². The fourth-order valence-electron chi connectivity index (χ4n) is 4.22. The van der Waals surface area contributed by atoms with Crippen molar-refractivity contribution in [2.24, 2.45) is 0 Å². The number of carbonyl (C=O) groups is 1. The maximum atomic E-state index is 13.4. The third kappa shape index (κ3) is 6.78. The minimum Gasteiger partial charge on any atom is -0.490 e. The largest absolute Gasteiger partial charge is 0.490 e. The van der Waals surface area contributed by atoms with Crippen molar-refractivity contribution in [2.75, 3.05) is 17.7 Å². The smallest absolute Gasteiger partial charge is 0.338 e. The van der Waals surface area contributed by atoms with Gasteiger partial charge < -0.3 is 19.5 Å². The molecule has 8 nitrogen and oxygen atoms in total. The van der Waals surface area contributed by atoms with E-state index in [2.05, 4.69) is 52.2 Å². The molecule has 0 saturated heterocycles. The topological polar surface area (TPSA) is 87.5 Å². The number of halogens is 1. The highest BCUT2D eigenvalue weighted by Crippen LogP contribution is 2.43. The summed E-state index contributed by atoms with van der Waals surface area (Å²) < 4.78 is 20.4. The number of rotatable bonds is 11. The number of anilines is 1. The molecule has 0 saturated carbocycles. The van der Waals surface area contributed by atoms with Gasteiger partial charge in [-0.15, -0.1) is 5.10 Å². The molecule has 3 aromatic rings. The van der Waals surface area contributed by atoms with E-state index in [9.17, 15) is 4.79 Å². The Balaban J connectivity index is 1.77. The lowest BCUT2D eigenvalue weighted by atomic mass is 9.95. The number of benzene rings is 2. The monoisotopic (exact) mass is 614 g/mol. The van der Waals surface area contributed by atoms with Crippen molar-refractivity contribution in [3.63, 3.8) is 0 Å². The lowest BCUT2D eigenvalue weighted by Gasteiger charge is -2.29. The minimum atomic E-state index is -0.572. The Morgan fingerprint density at radius 1 is 1.15 bits per heavy atom. The van der Waals surface area contributed by atoms with E-state index in [1.54, 1.807) is 16.4 Å². The van der Waals surface area contributed by atoms with Crippen LogP contribution in [-0.4, -0.2) is 39.2 Å². The van der Waals surface area contributed by atoms with Crippen LogP contribution in [0.5, 0.6) is 11.5 Å². The molecule has 2 aromatic carbocycles. The van der Waals surface area contributed by atoms with Crippen LogP contribution in [0.2, 0.25) is 0 Å². The van der Waals surface area contributed by atoms with Crippen LogP contribution in [0.1, 0.15) is 63.8 Å². The lowest BCUT2D eigenvalue weighted by Crippen LogP contribution is -2.30. The Kier molecular flexibility index (Phi) is 9.61. The van der Waals surface area contributed by atoms with Crippen molar-refractivity contribution in [3.8, 4) is 11.5 Å². The highest BCUT2D eigenvalue weighted by molar-refractivity contribution is 9.10. The predicted molar refractivity (Wildman–Crippen MR) is 158 cm³/mol. The molecule has 208 valence electrons. The van der Waals surface area contributed by atoms with Crippen molar-refractivity contribution in [1.82, 2.24) is 14.8 Å². The molecule has 1 aliphatic heterocycles. The van der Waals surface area contributed by atoms with Crippen LogP contribution in [0.3, 0.4) is 0 Å². The fourth-order valence-corrected chi connectivity index (χ4v) is 5.48. The molecule has 1 unspecified atom stereocenters. The maximum Gasteiger partial charge on any atom is 0.338 e. The van der Waals surface area contributed by atoms with E-state index in [0.717, 1.165) is 23.3 Å². The molecule has 0 radical (unpaired) electrons. The van der Waals surface area contributed by atoms with E-state index in [1.165, 1.54) is 5.56 Å². The highest BCUT2D eigenvalue weighted by atomic mass is 79.9. The Morgan fingerprint density at radius 2 is 1.90 bits per heavy atom. The molecular weight excluding hydrogens is 580 g/mol. The summed E-state index contributed by atoms with van der Waals surface area (Å²) >= 11 is 5.29. The minimum absolute atomic E-state index is 0.269. The van der Waals surface area contributed by atoms with E-state index in [-0.39, 0.29) is 6.10 Å². The predicted octanol–water partition coefficient (Wildman–Crippen LogP) is 7.07. The van der Waals surface area contributed by atoms with Crippen LogP contribution in [0.15, 0.2) is 57.3 Å².